The van der Waals surface area contributed by atoms with Crippen LogP contribution in [-0.2, 0) is 13.0 Å². The first-order valence-corrected chi connectivity index (χ1v) is 8.88. The van der Waals surface area contributed by atoms with Gasteiger partial charge in [0.1, 0.15) is 5.75 Å². The third kappa shape index (κ3) is 5.85. The number of thiophene rings is 1. The molecule has 0 amide bonds. The topological polar surface area (TPSA) is 49.8 Å². The van der Waals surface area contributed by atoms with E-state index in [1.54, 1.807) is 25.5 Å². The van der Waals surface area contributed by atoms with Crippen LogP contribution in [0.15, 0.2) is 28.7 Å². The Hall–Kier alpha value is -1.35. The van der Waals surface area contributed by atoms with Crippen molar-refractivity contribution < 1.29 is 4.74 Å². The number of aliphatic imine (C=N–C) groups is 1. The summed E-state index contributed by atoms with van der Waals surface area (Å²) >= 11 is 1.79. The van der Waals surface area contributed by atoms with Crippen LogP contribution in [0.1, 0.15) is 21.7 Å². The fraction of sp³-hybridized carbons (Fsp3) is 0.444. The highest BCUT2D eigenvalue weighted by Gasteiger charge is 2.11. The molecule has 0 saturated heterocycles. The first-order valence-electron chi connectivity index (χ1n) is 8.00. The Labute approximate surface area is 171 Å². The van der Waals surface area contributed by atoms with Crippen molar-refractivity contribution in [1.29, 1.82) is 0 Å². The molecule has 5 nitrogen and oxygen atoms in total. The molecule has 0 aliphatic carbocycles. The monoisotopic (exact) mass is 474 g/mol. The number of hydrogen-bond acceptors (Lipinski definition) is 4. The van der Waals surface area contributed by atoms with Crippen LogP contribution in [0.3, 0.4) is 0 Å². The molecule has 0 bridgehead atoms. The number of halogens is 1. The number of ether oxygens (including phenoxy) is 1. The van der Waals surface area contributed by atoms with E-state index in [4.69, 9.17) is 4.74 Å². The van der Waals surface area contributed by atoms with E-state index in [0.29, 0.717) is 6.54 Å². The number of pyridine rings is 1. The van der Waals surface area contributed by atoms with Crippen LogP contribution in [0.2, 0.25) is 0 Å². The van der Waals surface area contributed by atoms with E-state index < -0.39 is 0 Å². The number of likely N-dealkylation sites (N-methyl/N-ethyl adjacent to an activating group) is 1. The molecule has 0 aliphatic heterocycles. The summed E-state index contributed by atoms with van der Waals surface area (Å²) in [6.07, 6.45) is 2.87. The van der Waals surface area contributed by atoms with Crippen molar-refractivity contribution in [3.05, 3.63) is 45.4 Å². The lowest BCUT2D eigenvalue weighted by Crippen LogP contribution is -2.39. The Balaban J connectivity index is 0.00000312. The molecule has 1 N–H and O–H groups in total. The number of hydrogen-bond donors (Lipinski definition) is 1. The maximum atomic E-state index is 5.47. The van der Waals surface area contributed by atoms with Crippen molar-refractivity contribution in [2.45, 2.75) is 26.8 Å². The van der Waals surface area contributed by atoms with Crippen LogP contribution in [0.4, 0.5) is 0 Å². The average molecular weight is 474 g/mol. The molecule has 138 valence electrons. The van der Waals surface area contributed by atoms with E-state index in [-0.39, 0.29) is 24.0 Å². The number of nitrogens with zero attached hydrogens (tertiary/aromatic N) is 3. The van der Waals surface area contributed by atoms with Crippen LogP contribution in [0.25, 0.3) is 0 Å². The Bertz CT molecular complexity index is 689. The predicted molar refractivity (Wildman–Crippen MR) is 117 cm³/mol. The normalized spacial score (nSPS) is 11.0. The zero-order valence-electron chi connectivity index (χ0n) is 15.5. The van der Waals surface area contributed by atoms with Gasteiger partial charge in [0.2, 0.25) is 0 Å². The summed E-state index contributed by atoms with van der Waals surface area (Å²) in [5.41, 5.74) is 3.10. The summed E-state index contributed by atoms with van der Waals surface area (Å²) in [7, 11) is 5.56. The number of nitrogens with one attached hydrogen (secondary N) is 1. The highest BCUT2D eigenvalue weighted by molar-refractivity contribution is 14.0. The highest BCUT2D eigenvalue weighted by Crippen LogP contribution is 2.23. The molecule has 0 aromatic carbocycles. The van der Waals surface area contributed by atoms with Gasteiger partial charge in [-0.05, 0) is 31.7 Å². The Morgan fingerprint density at radius 1 is 1.40 bits per heavy atom. The summed E-state index contributed by atoms with van der Waals surface area (Å²) in [4.78, 5) is 12.4. The molecule has 2 aromatic rings. The minimum Gasteiger partial charge on any atom is -0.496 e. The van der Waals surface area contributed by atoms with E-state index in [1.165, 1.54) is 4.88 Å². The summed E-state index contributed by atoms with van der Waals surface area (Å²) in [5, 5.41) is 5.50. The van der Waals surface area contributed by atoms with Crippen molar-refractivity contribution in [1.82, 2.24) is 15.2 Å². The van der Waals surface area contributed by atoms with Crippen molar-refractivity contribution in [2.24, 2.45) is 4.99 Å². The first-order chi connectivity index (χ1) is 11.6. The van der Waals surface area contributed by atoms with E-state index >= 15 is 0 Å². The summed E-state index contributed by atoms with van der Waals surface area (Å²) < 4.78 is 5.47. The lowest BCUT2D eigenvalue weighted by atomic mass is 10.1. The number of aromatic nitrogens is 1. The third-order valence-electron chi connectivity index (χ3n) is 4.01. The molecule has 2 aromatic heterocycles. The Morgan fingerprint density at radius 2 is 2.16 bits per heavy atom. The van der Waals surface area contributed by atoms with E-state index in [9.17, 15) is 0 Å². The molecule has 0 fully saturated rings. The van der Waals surface area contributed by atoms with Gasteiger partial charge in [0.25, 0.3) is 0 Å². The zero-order valence-corrected chi connectivity index (χ0v) is 18.6. The van der Waals surface area contributed by atoms with Gasteiger partial charge in [-0.3, -0.25) is 9.98 Å². The average Bonchev–Trinajstić information content (AvgIpc) is 3.09. The number of methoxy groups -OCH3 is 1. The Morgan fingerprint density at radius 3 is 2.76 bits per heavy atom. The van der Waals surface area contributed by atoms with Crippen molar-refractivity contribution in [3.63, 3.8) is 0 Å². The van der Waals surface area contributed by atoms with Gasteiger partial charge in [0, 0.05) is 42.8 Å². The van der Waals surface area contributed by atoms with Gasteiger partial charge in [0.15, 0.2) is 5.96 Å². The third-order valence-corrected chi connectivity index (χ3v) is 4.95. The molecular formula is C18H27IN4OS. The van der Waals surface area contributed by atoms with E-state index in [2.05, 4.69) is 44.8 Å². The molecule has 0 saturated carbocycles. The Kier molecular flexibility index (Phi) is 9.20. The fourth-order valence-corrected chi connectivity index (χ4v) is 3.33. The van der Waals surface area contributed by atoms with Crippen LogP contribution < -0.4 is 10.1 Å². The second-order valence-electron chi connectivity index (χ2n) is 5.70. The van der Waals surface area contributed by atoms with Crippen LogP contribution in [0, 0.1) is 13.8 Å². The molecule has 0 atom stereocenters. The molecule has 0 aliphatic rings. The largest absolute Gasteiger partial charge is 0.496 e. The minimum absolute atomic E-state index is 0. The van der Waals surface area contributed by atoms with E-state index in [0.717, 1.165) is 41.5 Å². The van der Waals surface area contributed by atoms with Crippen LogP contribution in [0.5, 0.6) is 5.75 Å². The maximum Gasteiger partial charge on any atom is 0.193 e. The van der Waals surface area contributed by atoms with Gasteiger partial charge in [0.05, 0.1) is 19.3 Å². The second-order valence-corrected chi connectivity index (χ2v) is 6.73. The minimum atomic E-state index is 0. The molecule has 0 radical (unpaired) electrons. The van der Waals surface area contributed by atoms with Crippen molar-refractivity contribution in [2.75, 3.05) is 27.7 Å². The molecule has 0 unspecified atom stereocenters. The van der Waals surface area contributed by atoms with Gasteiger partial charge in [-0.15, -0.1) is 35.3 Å². The van der Waals surface area contributed by atoms with Crippen molar-refractivity contribution >= 4 is 41.3 Å². The van der Waals surface area contributed by atoms with Gasteiger partial charge in [-0.25, -0.2) is 0 Å². The number of guanidine groups is 1. The van der Waals surface area contributed by atoms with Gasteiger partial charge in [-0.2, -0.15) is 0 Å². The van der Waals surface area contributed by atoms with Crippen molar-refractivity contribution in [3.8, 4) is 5.75 Å². The molecule has 7 heteroatoms. The standard InChI is InChI=1S/C18H26N4OS.HI/c1-13-11-20-16(14(2)17(13)23-5)12-21-18(19-3)22(4)9-8-15-7-6-10-24-15;/h6-7,10-11H,8-9,12H2,1-5H3,(H,19,21);1H. The number of aryl methyl sites for hydroxylation is 1. The van der Waals surface area contributed by atoms with Crippen LogP contribution in [-0.4, -0.2) is 43.6 Å². The first kappa shape index (κ1) is 21.7. The molecule has 0 spiro atoms. The second kappa shape index (κ2) is 10.6. The molecular weight excluding hydrogens is 447 g/mol. The highest BCUT2D eigenvalue weighted by atomic mass is 127. The summed E-state index contributed by atoms with van der Waals surface area (Å²) in [6, 6.07) is 4.26. The summed E-state index contributed by atoms with van der Waals surface area (Å²) in [6.45, 7) is 5.59. The van der Waals surface area contributed by atoms with E-state index in [1.807, 2.05) is 20.0 Å². The smallest absolute Gasteiger partial charge is 0.193 e. The molecule has 2 rings (SSSR count). The maximum absolute atomic E-state index is 5.47. The molecule has 25 heavy (non-hydrogen) atoms. The number of rotatable bonds is 6. The molecule has 2 heterocycles. The quantitative estimate of drug-likeness (QED) is 0.395. The summed E-state index contributed by atoms with van der Waals surface area (Å²) in [5.74, 6) is 1.77. The van der Waals surface area contributed by atoms with Gasteiger partial charge >= 0.3 is 0 Å². The lowest BCUT2D eigenvalue weighted by Gasteiger charge is -2.22. The predicted octanol–water partition coefficient (Wildman–Crippen LogP) is 3.64. The fourth-order valence-electron chi connectivity index (χ4n) is 2.64. The SMILES string of the molecule is CN=C(NCc1ncc(C)c(OC)c1C)N(C)CCc1cccs1.I. The lowest BCUT2D eigenvalue weighted by molar-refractivity contribution is 0.406. The van der Waals surface area contributed by atoms with Crippen LogP contribution >= 0.6 is 35.3 Å². The van der Waals surface area contributed by atoms with Gasteiger partial charge < -0.3 is 15.0 Å². The zero-order chi connectivity index (χ0) is 17.5. The van der Waals surface area contributed by atoms with Gasteiger partial charge in [-0.1, -0.05) is 6.07 Å².